The fourth-order valence-corrected chi connectivity index (χ4v) is 3.90. The van der Waals surface area contributed by atoms with Crippen molar-refractivity contribution in [3.63, 3.8) is 0 Å². The minimum atomic E-state index is 0.000744. The number of aryl methyl sites for hydroxylation is 1. The largest absolute Gasteiger partial charge is 0.337 e. The molecular formula is C22H26N6O2. The van der Waals surface area contributed by atoms with Gasteiger partial charge < -0.3 is 9.42 Å². The maximum atomic E-state index is 12.8. The minimum absolute atomic E-state index is 0.000744. The van der Waals surface area contributed by atoms with E-state index in [1.165, 1.54) is 18.4 Å². The molecule has 156 valence electrons. The standard InChI is InChI=1S/C22H26N6O2/c1-14-3-5-17(6-4-14)20-23-21(30-26-20)15(2)27-9-11-28(12-10-27)22(29)19-13-18(24-25-19)16-7-8-16/h3-6,13,15-16H,7-12H2,1-2H3,(H,24,25). The topological polar surface area (TPSA) is 91.2 Å². The number of amides is 1. The molecule has 2 fully saturated rings. The predicted molar refractivity (Wildman–Crippen MR) is 111 cm³/mol. The van der Waals surface area contributed by atoms with Crippen LogP contribution in [0.3, 0.4) is 0 Å². The van der Waals surface area contributed by atoms with Gasteiger partial charge in [0.1, 0.15) is 5.69 Å². The predicted octanol–water partition coefficient (Wildman–Crippen LogP) is 3.16. The van der Waals surface area contributed by atoms with E-state index in [0.29, 0.717) is 36.4 Å². The first-order chi connectivity index (χ1) is 14.6. The van der Waals surface area contributed by atoms with Crippen LogP contribution in [-0.2, 0) is 0 Å². The van der Waals surface area contributed by atoms with Gasteiger partial charge in [-0.15, -0.1) is 0 Å². The van der Waals surface area contributed by atoms with E-state index in [9.17, 15) is 4.79 Å². The zero-order valence-electron chi connectivity index (χ0n) is 17.3. The van der Waals surface area contributed by atoms with Gasteiger partial charge in [0.25, 0.3) is 5.91 Å². The van der Waals surface area contributed by atoms with Crippen LogP contribution in [-0.4, -0.2) is 62.2 Å². The Morgan fingerprint density at radius 2 is 1.90 bits per heavy atom. The molecule has 0 radical (unpaired) electrons. The van der Waals surface area contributed by atoms with Crippen molar-refractivity contribution in [1.29, 1.82) is 0 Å². The third-order valence-corrected chi connectivity index (χ3v) is 6.09. The number of nitrogens with zero attached hydrogens (tertiary/aromatic N) is 5. The van der Waals surface area contributed by atoms with Gasteiger partial charge in [0, 0.05) is 43.4 Å². The van der Waals surface area contributed by atoms with Crippen LogP contribution in [0.5, 0.6) is 0 Å². The van der Waals surface area contributed by atoms with Gasteiger partial charge in [-0.25, -0.2) is 0 Å². The zero-order chi connectivity index (χ0) is 20.7. The lowest BCUT2D eigenvalue weighted by Crippen LogP contribution is -2.49. The number of aromatic amines is 1. The molecule has 2 aliphatic rings. The number of carbonyl (C=O) groups is 1. The lowest BCUT2D eigenvalue weighted by Gasteiger charge is -2.36. The van der Waals surface area contributed by atoms with E-state index in [2.05, 4.69) is 39.1 Å². The Labute approximate surface area is 175 Å². The molecule has 5 rings (SSSR count). The summed E-state index contributed by atoms with van der Waals surface area (Å²) in [6.07, 6.45) is 2.38. The second kappa shape index (κ2) is 7.68. The summed E-state index contributed by atoms with van der Waals surface area (Å²) in [5.41, 5.74) is 3.76. The van der Waals surface area contributed by atoms with Gasteiger partial charge >= 0.3 is 0 Å². The van der Waals surface area contributed by atoms with Crippen LogP contribution in [0.25, 0.3) is 11.4 Å². The first kappa shape index (κ1) is 19.0. The molecule has 0 bridgehead atoms. The summed E-state index contributed by atoms with van der Waals surface area (Å²) in [4.78, 5) is 21.5. The third-order valence-electron chi connectivity index (χ3n) is 6.09. The fourth-order valence-electron chi connectivity index (χ4n) is 3.90. The Kier molecular flexibility index (Phi) is 4.86. The van der Waals surface area contributed by atoms with E-state index < -0.39 is 0 Å². The minimum Gasteiger partial charge on any atom is -0.337 e. The molecule has 8 heteroatoms. The average Bonchev–Trinajstić information content (AvgIpc) is 3.30. The van der Waals surface area contributed by atoms with Crippen molar-refractivity contribution in [2.24, 2.45) is 0 Å². The highest BCUT2D eigenvalue weighted by Gasteiger charge is 2.31. The molecule has 0 spiro atoms. The van der Waals surface area contributed by atoms with Crippen LogP contribution in [0.2, 0.25) is 0 Å². The summed E-state index contributed by atoms with van der Waals surface area (Å²) in [7, 11) is 0. The summed E-state index contributed by atoms with van der Waals surface area (Å²) >= 11 is 0. The average molecular weight is 406 g/mol. The Hall–Kier alpha value is -3.00. The van der Waals surface area contributed by atoms with E-state index in [0.717, 1.165) is 24.3 Å². The van der Waals surface area contributed by atoms with Crippen molar-refractivity contribution in [2.45, 2.75) is 38.6 Å². The van der Waals surface area contributed by atoms with Crippen molar-refractivity contribution in [3.05, 3.63) is 53.2 Å². The molecule has 8 nitrogen and oxygen atoms in total. The first-order valence-electron chi connectivity index (χ1n) is 10.6. The second-order valence-electron chi connectivity index (χ2n) is 8.31. The number of benzene rings is 1. The Bertz CT molecular complexity index is 1030. The molecule has 2 aromatic heterocycles. The van der Waals surface area contributed by atoms with Crippen LogP contribution < -0.4 is 0 Å². The number of hydrogen-bond donors (Lipinski definition) is 1. The Morgan fingerprint density at radius 1 is 1.17 bits per heavy atom. The normalized spacial score (nSPS) is 18.5. The molecular weight excluding hydrogens is 380 g/mol. The van der Waals surface area contributed by atoms with Crippen LogP contribution in [0.15, 0.2) is 34.9 Å². The van der Waals surface area contributed by atoms with Gasteiger partial charge in [-0.1, -0.05) is 35.0 Å². The number of rotatable bonds is 5. The number of H-pyrrole nitrogens is 1. The van der Waals surface area contributed by atoms with Gasteiger partial charge in [0.15, 0.2) is 0 Å². The van der Waals surface area contributed by atoms with Gasteiger partial charge in [-0.3, -0.25) is 14.8 Å². The molecule has 1 unspecified atom stereocenters. The molecule has 1 saturated carbocycles. The highest BCUT2D eigenvalue weighted by atomic mass is 16.5. The van der Waals surface area contributed by atoms with E-state index in [1.807, 2.05) is 35.2 Å². The lowest BCUT2D eigenvalue weighted by molar-refractivity contribution is 0.0546. The summed E-state index contributed by atoms with van der Waals surface area (Å²) in [6.45, 7) is 6.96. The maximum Gasteiger partial charge on any atom is 0.274 e. The molecule has 1 aromatic carbocycles. The van der Waals surface area contributed by atoms with Gasteiger partial charge in [0.05, 0.1) is 6.04 Å². The fraction of sp³-hybridized carbons (Fsp3) is 0.455. The van der Waals surface area contributed by atoms with Crippen molar-refractivity contribution in [3.8, 4) is 11.4 Å². The van der Waals surface area contributed by atoms with E-state index in [4.69, 9.17) is 4.52 Å². The first-order valence-corrected chi connectivity index (χ1v) is 10.6. The van der Waals surface area contributed by atoms with Crippen LogP contribution in [0.1, 0.15) is 59.4 Å². The smallest absolute Gasteiger partial charge is 0.274 e. The number of nitrogens with one attached hydrogen (secondary N) is 1. The molecule has 1 N–H and O–H groups in total. The summed E-state index contributed by atoms with van der Waals surface area (Å²) in [5.74, 6) is 1.78. The molecule has 1 aliphatic carbocycles. The molecule has 1 saturated heterocycles. The molecule has 30 heavy (non-hydrogen) atoms. The van der Waals surface area contributed by atoms with Crippen molar-refractivity contribution in [2.75, 3.05) is 26.2 Å². The highest BCUT2D eigenvalue weighted by molar-refractivity contribution is 5.92. The maximum absolute atomic E-state index is 12.8. The highest BCUT2D eigenvalue weighted by Crippen LogP contribution is 2.39. The number of hydrogen-bond acceptors (Lipinski definition) is 6. The van der Waals surface area contributed by atoms with Crippen LogP contribution >= 0.6 is 0 Å². The third kappa shape index (κ3) is 3.75. The quantitative estimate of drug-likeness (QED) is 0.700. The van der Waals surface area contributed by atoms with Crippen LogP contribution in [0.4, 0.5) is 0 Å². The molecule has 1 atom stereocenters. The van der Waals surface area contributed by atoms with Crippen LogP contribution in [0, 0.1) is 6.92 Å². The summed E-state index contributed by atoms with van der Waals surface area (Å²) in [6, 6.07) is 10.0. The van der Waals surface area contributed by atoms with Crippen molar-refractivity contribution in [1.82, 2.24) is 30.1 Å². The number of aromatic nitrogens is 4. The zero-order valence-corrected chi connectivity index (χ0v) is 17.3. The van der Waals surface area contributed by atoms with Crippen molar-refractivity contribution >= 4 is 5.91 Å². The second-order valence-corrected chi connectivity index (χ2v) is 8.31. The number of carbonyl (C=O) groups excluding carboxylic acids is 1. The van der Waals surface area contributed by atoms with Gasteiger partial charge in [-0.2, -0.15) is 10.1 Å². The summed E-state index contributed by atoms with van der Waals surface area (Å²) < 4.78 is 5.54. The lowest BCUT2D eigenvalue weighted by atomic mass is 10.1. The summed E-state index contributed by atoms with van der Waals surface area (Å²) in [5, 5.41) is 11.4. The van der Waals surface area contributed by atoms with E-state index in [-0.39, 0.29) is 11.9 Å². The van der Waals surface area contributed by atoms with Crippen molar-refractivity contribution < 1.29 is 9.32 Å². The molecule has 3 aromatic rings. The monoisotopic (exact) mass is 406 g/mol. The Morgan fingerprint density at radius 3 is 2.60 bits per heavy atom. The van der Waals surface area contributed by atoms with Gasteiger partial charge in [-0.05, 0) is 32.8 Å². The molecule has 3 heterocycles. The SMILES string of the molecule is Cc1ccc(-c2noc(C(C)N3CCN(C(=O)c4cc(C5CC5)[nH]n4)CC3)n2)cc1. The van der Waals surface area contributed by atoms with E-state index in [1.54, 1.807) is 0 Å². The Balaban J connectivity index is 1.20. The molecule has 1 aliphatic heterocycles. The van der Waals surface area contributed by atoms with Gasteiger partial charge in [0.2, 0.25) is 11.7 Å². The van der Waals surface area contributed by atoms with E-state index >= 15 is 0 Å². The number of piperazine rings is 1. The molecule has 1 amide bonds.